The molecule has 0 aliphatic carbocycles. The van der Waals surface area contributed by atoms with Gasteiger partial charge in [0.25, 0.3) is 0 Å². The molecule has 2 aromatic rings. The molecule has 2 aromatic heterocycles. The van der Waals surface area contributed by atoms with Gasteiger partial charge in [-0.3, -0.25) is 0 Å². The Kier molecular flexibility index (Phi) is 4.84. The topological polar surface area (TPSA) is 99.4 Å². The number of aromatic nitrogens is 4. The Morgan fingerprint density at radius 2 is 2.05 bits per heavy atom. The van der Waals surface area contributed by atoms with Crippen molar-refractivity contribution in [2.75, 3.05) is 14.2 Å². The molecule has 0 unspecified atom stereocenters. The second kappa shape index (κ2) is 6.46. The number of hydrogen-bond acceptors (Lipinski definition) is 6. The zero-order valence-electron chi connectivity index (χ0n) is 12.5. The van der Waals surface area contributed by atoms with Crippen LogP contribution in [0.4, 0.5) is 0 Å². The Morgan fingerprint density at radius 1 is 1.36 bits per heavy atom. The number of carboxylic acids is 1. The molecule has 0 saturated carbocycles. The quantitative estimate of drug-likeness (QED) is 0.743. The first-order valence-electron chi connectivity index (χ1n) is 6.37. The number of aromatic carboxylic acids is 1. The van der Waals surface area contributed by atoms with Crippen molar-refractivity contribution in [1.82, 2.24) is 19.7 Å². The maximum atomic E-state index is 11.3. The van der Waals surface area contributed by atoms with Crippen LogP contribution in [0.5, 0.6) is 11.9 Å². The lowest BCUT2D eigenvalue weighted by Gasteiger charge is -2.13. The molecule has 0 aliphatic heterocycles. The van der Waals surface area contributed by atoms with E-state index in [1.807, 2.05) is 36.4 Å². The Bertz CT molecular complexity index is 714. The second-order valence-corrected chi connectivity index (χ2v) is 5.75. The molecule has 1 N–H and O–H groups in total. The van der Waals surface area contributed by atoms with Gasteiger partial charge in [0.15, 0.2) is 5.69 Å². The average molecular weight is 418 g/mol. The summed E-state index contributed by atoms with van der Waals surface area (Å²) in [6.07, 6.45) is 1.49. The van der Waals surface area contributed by atoms with Crippen LogP contribution in [0.3, 0.4) is 0 Å². The fourth-order valence-electron chi connectivity index (χ4n) is 1.97. The van der Waals surface area contributed by atoms with Crippen molar-refractivity contribution < 1.29 is 19.4 Å². The Labute approximate surface area is 140 Å². The minimum atomic E-state index is -1.08. The summed E-state index contributed by atoms with van der Waals surface area (Å²) in [5, 5.41) is 13.5. The molecule has 8 nitrogen and oxygen atoms in total. The summed E-state index contributed by atoms with van der Waals surface area (Å²) in [6.45, 7) is 3.91. The zero-order chi connectivity index (χ0) is 16.4. The predicted octanol–water partition coefficient (Wildman–Crippen LogP) is 2.11. The minimum absolute atomic E-state index is 0.0119. The maximum Gasteiger partial charge on any atom is 0.357 e. The highest BCUT2D eigenvalue weighted by Gasteiger charge is 2.25. The third kappa shape index (κ3) is 2.85. The van der Waals surface area contributed by atoms with Crippen LogP contribution in [0.1, 0.15) is 35.9 Å². The smallest absolute Gasteiger partial charge is 0.357 e. The molecule has 0 aliphatic rings. The van der Waals surface area contributed by atoms with E-state index in [1.54, 1.807) is 0 Å². The van der Waals surface area contributed by atoms with Crippen LogP contribution in [0.2, 0.25) is 0 Å². The van der Waals surface area contributed by atoms with E-state index in [-0.39, 0.29) is 23.5 Å². The summed E-state index contributed by atoms with van der Waals surface area (Å²) < 4.78 is 12.3. The van der Waals surface area contributed by atoms with Crippen molar-refractivity contribution in [1.29, 1.82) is 0 Å². The fraction of sp³-hybridized carbons (Fsp3) is 0.385. The zero-order valence-corrected chi connectivity index (χ0v) is 14.7. The molecule has 0 saturated heterocycles. The molecule has 118 valence electrons. The summed E-state index contributed by atoms with van der Waals surface area (Å²) in [7, 11) is 2.92. The Balaban J connectivity index is 2.71. The lowest BCUT2D eigenvalue weighted by molar-refractivity contribution is 0.0688. The number of halogens is 1. The number of rotatable bonds is 5. The molecule has 0 aromatic carbocycles. The SMILES string of the molecule is COc1ncc(-n2nc(C(=O)O)c(I)c2C(C)C)c(OC)n1. The first-order valence-corrected chi connectivity index (χ1v) is 7.45. The number of nitrogens with zero attached hydrogens (tertiary/aromatic N) is 4. The Morgan fingerprint density at radius 3 is 2.55 bits per heavy atom. The van der Waals surface area contributed by atoms with Crippen molar-refractivity contribution in [3.63, 3.8) is 0 Å². The Hall–Kier alpha value is -1.91. The van der Waals surface area contributed by atoms with Gasteiger partial charge in [0.1, 0.15) is 5.69 Å². The van der Waals surface area contributed by atoms with Crippen LogP contribution in [0.25, 0.3) is 5.69 Å². The number of methoxy groups -OCH3 is 2. The van der Waals surface area contributed by atoms with E-state index in [1.165, 1.54) is 25.1 Å². The molecule has 0 bridgehead atoms. The van der Waals surface area contributed by atoms with Gasteiger partial charge in [-0.2, -0.15) is 10.1 Å². The maximum absolute atomic E-state index is 11.3. The highest BCUT2D eigenvalue weighted by molar-refractivity contribution is 14.1. The van der Waals surface area contributed by atoms with Crippen LogP contribution in [-0.2, 0) is 0 Å². The molecule has 0 spiro atoms. The number of ether oxygens (including phenoxy) is 2. The van der Waals surface area contributed by atoms with Crippen LogP contribution in [-0.4, -0.2) is 45.0 Å². The van der Waals surface area contributed by atoms with E-state index >= 15 is 0 Å². The van der Waals surface area contributed by atoms with E-state index in [2.05, 4.69) is 15.1 Å². The van der Waals surface area contributed by atoms with Crippen LogP contribution in [0, 0.1) is 3.57 Å². The summed E-state index contributed by atoms with van der Waals surface area (Å²) in [4.78, 5) is 19.5. The van der Waals surface area contributed by atoms with Crippen LogP contribution >= 0.6 is 22.6 Å². The molecular formula is C13H15IN4O4. The lowest BCUT2D eigenvalue weighted by Crippen LogP contribution is -2.09. The van der Waals surface area contributed by atoms with E-state index in [0.29, 0.717) is 9.26 Å². The van der Waals surface area contributed by atoms with E-state index in [9.17, 15) is 9.90 Å². The minimum Gasteiger partial charge on any atom is -0.479 e. The van der Waals surface area contributed by atoms with Gasteiger partial charge in [-0.25, -0.2) is 14.5 Å². The van der Waals surface area contributed by atoms with Gasteiger partial charge in [0.2, 0.25) is 5.88 Å². The lowest BCUT2D eigenvalue weighted by atomic mass is 10.1. The van der Waals surface area contributed by atoms with Gasteiger partial charge in [-0.1, -0.05) is 13.8 Å². The van der Waals surface area contributed by atoms with Crippen LogP contribution in [0.15, 0.2) is 6.20 Å². The first-order chi connectivity index (χ1) is 10.4. The van der Waals surface area contributed by atoms with Gasteiger partial charge in [0.05, 0.1) is 29.7 Å². The molecule has 0 fully saturated rings. The third-order valence-electron chi connectivity index (χ3n) is 2.93. The number of carbonyl (C=O) groups is 1. The van der Waals surface area contributed by atoms with E-state index in [0.717, 1.165) is 5.69 Å². The standard InChI is InChI=1S/C13H15IN4O4/c1-6(2)10-8(14)9(12(19)20)17-18(10)7-5-15-13(22-4)16-11(7)21-3/h5-6H,1-4H3,(H,19,20). The van der Waals surface area contributed by atoms with E-state index in [4.69, 9.17) is 9.47 Å². The molecule has 22 heavy (non-hydrogen) atoms. The predicted molar refractivity (Wildman–Crippen MR) is 86.0 cm³/mol. The molecular weight excluding hydrogens is 403 g/mol. The summed E-state index contributed by atoms with van der Waals surface area (Å²) in [6, 6.07) is 0.159. The van der Waals surface area contributed by atoms with Gasteiger partial charge in [-0.15, -0.1) is 0 Å². The van der Waals surface area contributed by atoms with Gasteiger partial charge in [-0.05, 0) is 28.5 Å². The normalized spacial score (nSPS) is 10.8. The molecule has 0 amide bonds. The highest BCUT2D eigenvalue weighted by atomic mass is 127. The summed E-state index contributed by atoms with van der Waals surface area (Å²) >= 11 is 1.99. The molecule has 2 rings (SSSR count). The van der Waals surface area contributed by atoms with Gasteiger partial charge >= 0.3 is 12.0 Å². The van der Waals surface area contributed by atoms with Crippen molar-refractivity contribution in [3.05, 3.63) is 21.2 Å². The number of hydrogen-bond donors (Lipinski definition) is 1. The summed E-state index contributed by atoms with van der Waals surface area (Å²) in [5.74, 6) is -0.776. The largest absolute Gasteiger partial charge is 0.479 e. The molecule has 2 heterocycles. The van der Waals surface area contributed by atoms with Crippen molar-refractivity contribution in [2.45, 2.75) is 19.8 Å². The number of carboxylic acid groups (broad SMARTS) is 1. The molecule has 0 atom stereocenters. The third-order valence-corrected chi connectivity index (χ3v) is 3.99. The van der Waals surface area contributed by atoms with Crippen molar-refractivity contribution in [3.8, 4) is 17.6 Å². The van der Waals surface area contributed by atoms with Crippen molar-refractivity contribution in [2.24, 2.45) is 0 Å². The second-order valence-electron chi connectivity index (χ2n) is 4.67. The highest BCUT2D eigenvalue weighted by Crippen LogP contribution is 2.30. The average Bonchev–Trinajstić information content (AvgIpc) is 2.84. The molecule has 9 heteroatoms. The van der Waals surface area contributed by atoms with Crippen LogP contribution < -0.4 is 9.47 Å². The fourth-order valence-corrected chi connectivity index (χ4v) is 3.16. The van der Waals surface area contributed by atoms with Crippen molar-refractivity contribution >= 4 is 28.6 Å². The first kappa shape index (κ1) is 16.5. The van der Waals surface area contributed by atoms with Gasteiger partial charge in [0, 0.05) is 0 Å². The van der Waals surface area contributed by atoms with E-state index < -0.39 is 5.97 Å². The summed E-state index contributed by atoms with van der Waals surface area (Å²) in [5.41, 5.74) is 1.20. The van der Waals surface area contributed by atoms with Gasteiger partial charge < -0.3 is 14.6 Å². The molecule has 0 radical (unpaired) electrons. The monoisotopic (exact) mass is 418 g/mol.